The van der Waals surface area contributed by atoms with Crippen LogP contribution in [0.3, 0.4) is 0 Å². The minimum absolute atomic E-state index is 0. The summed E-state index contributed by atoms with van der Waals surface area (Å²) in [6.07, 6.45) is 0.515. The Kier molecular flexibility index (Phi) is 7.64. The van der Waals surface area contributed by atoms with Gasteiger partial charge in [0.05, 0.1) is 0 Å². The van der Waals surface area contributed by atoms with Crippen LogP contribution in [-0.2, 0) is 10.2 Å². The summed E-state index contributed by atoms with van der Waals surface area (Å²) in [6, 6.07) is 10.2. The number of benzene rings is 1. The lowest BCUT2D eigenvalue weighted by Crippen LogP contribution is -2.34. The van der Waals surface area contributed by atoms with Gasteiger partial charge >= 0.3 is 0 Å². The number of likely N-dealkylation sites (N-methyl/N-ethyl adjacent to an activating group) is 1. The number of nitrogens with one attached hydrogen (secondary N) is 2. The summed E-state index contributed by atoms with van der Waals surface area (Å²) in [5.41, 5.74) is 1.08. The number of carbonyl (C=O) groups excluding carboxylic acids is 1. The van der Waals surface area contributed by atoms with E-state index in [4.69, 9.17) is 0 Å². The Morgan fingerprint density at radius 3 is 2.33 bits per heavy atom. The Balaban J connectivity index is 0.00000289. The van der Waals surface area contributed by atoms with Crippen LogP contribution in [0.1, 0.15) is 25.8 Å². The molecule has 0 atom stereocenters. The van der Waals surface area contributed by atoms with Crippen LogP contribution in [0, 0.1) is 0 Å². The lowest BCUT2D eigenvalue weighted by Gasteiger charge is -2.24. The molecule has 102 valence electrons. The fourth-order valence-corrected chi connectivity index (χ4v) is 1.78. The fourth-order valence-electron chi connectivity index (χ4n) is 1.78. The van der Waals surface area contributed by atoms with Crippen molar-refractivity contribution in [1.82, 2.24) is 10.6 Å². The highest BCUT2D eigenvalue weighted by molar-refractivity contribution is 5.85. The number of halogens is 1. The summed E-state index contributed by atoms with van der Waals surface area (Å²) in [4.78, 5) is 11.8. The van der Waals surface area contributed by atoms with E-state index in [1.54, 1.807) is 0 Å². The largest absolute Gasteiger partial charge is 0.355 e. The molecular formula is C14H23ClN2O. The molecule has 0 aliphatic heterocycles. The van der Waals surface area contributed by atoms with Gasteiger partial charge in [0.25, 0.3) is 0 Å². The van der Waals surface area contributed by atoms with Crippen LogP contribution in [0.5, 0.6) is 0 Å². The van der Waals surface area contributed by atoms with Gasteiger partial charge < -0.3 is 10.6 Å². The zero-order valence-electron chi connectivity index (χ0n) is 11.3. The van der Waals surface area contributed by atoms with Gasteiger partial charge in [0.2, 0.25) is 5.91 Å². The average Bonchev–Trinajstić information content (AvgIpc) is 2.30. The molecule has 0 fully saturated rings. The van der Waals surface area contributed by atoms with Gasteiger partial charge in [-0.1, -0.05) is 44.2 Å². The molecular weight excluding hydrogens is 248 g/mol. The molecule has 4 heteroatoms. The molecule has 0 aliphatic rings. The van der Waals surface area contributed by atoms with E-state index in [1.165, 1.54) is 5.56 Å². The molecule has 0 spiro atoms. The Hall–Kier alpha value is -1.06. The first-order valence-corrected chi connectivity index (χ1v) is 6.03. The van der Waals surface area contributed by atoms with Crippen molar-refractivity contribution >= 4 is 18.3 Å². The van der Waals surface area contributed by atoms with Gasteiger partial charge in [0.15, 0.2) is 0 Å². The normalized spacial score (nSPS) is 10.6. The highest BCUT2D eigenvalue weighted by atomic mass is 35.5. The van der Waals surface area contributed by atoms with E-state index in [0.717, 1.165) is 6.54 Å². The summed E-state index contributed by atoms with van der Waals surface area (Å²) in [5, 5.41) is 5.91. The number of hydrogen-bond acceptors (Lipinski definition) is 2. The molecule has 3 nitrogen and oxygen atoms in total. The molecule has 1 amide bonds. The Morgan fingerprint density at radius 1 is 1.17 bits per heavy atom. The van der Waals surface area contributed by atoms with E-state index < -0.39 is 0 Å². The van der Waals surface area contributed by atoms with E-state index in [2.05, 4.69) is 36.6 Å². The van der Waals surface area contributed by atoms with Crippen LogP contribution < -0.4 is 10.6 Å². The molecule has 0 saturated carbocycles. The highest BCUT2D eigenvalue weighted by Gasteiger charge is 2.23. The molecule has 1 rings (SSSR count). The number of carbonyl (C=O) groups is 1. The predicted molar refractivity (Wildman–Crippen MR) is 78.3 cm³/mol. The van der Waals surface area contributed by atoms with E-state index in [-0.39, 0.29) is 23.7 Å². The maximum Gasteiger partial charge on any atom is 0.220 e. The number of rotatable bonds is 6. The summed E-state index contributed by atoms with van der Waals surface area (Å²) in [6.45, 7) is 5.68. The molecule has 18 heavy (non-hydrogen) atoms. The van der Waals surface area contributed by atoms with E-state index in [1.807, 2.05) is 25.2 Å². The molecule has 0 unspecified atom stereocenters. The lowest BCUT2D eigenvalue weighted by atomic mass is 9.81. The number of amides is 1. The third-order valence-corrected chi connectivity index (χ3v) is 2.85. The SMILES string of the molecule is CNCCNC(=O)CC(C)(C)c1ccccc1.Cl. The van der Waals surface area contributed by atoms with Gasteiger partial charge in [-0.2, -0.15) is 0 Å². The first kappa shape index (κ1) is 16.9. The van der Waals surface area contributed by atoms with Crippen molar-refractivity contribution in [2.45, 2.75) is 25.7 Å². The molecule has 1 aromatic carbocycles. The van der Waals surface area contributed by atoms with Gasteiger partial charge in [-0.15, -0.1) is 12.4 Å². The second kappa shape index (κ2) is 8.11. The van der Waals surface area contributed by atoms with Crippen molar-refractivity contribution in [3.63, 3.8) is 0 Å². The maximum atomic E-state index is 11.8. The van der Waals surface area contributed by atoms with Crippen LogP contribution in [0.4, 0.5) is 0 Å². The van der Waals surface area contributed by atoms with Crippen molar-refractivity contribution in [2.75, 3.05) is 20.1 Å². The summed E-state index contributed by atoms with van der Waals surface area (Å²) in [7, 11) is 1.88. The highest BCUT2D eigenvalue weighted by Crippen LogP contribution is 2.26. The second-order valence-electron chi connectivity index (χ2n) is 4.88. The van der Waals surface area contributed by atoms with Crippen molar-refractivity contribution < 1.29 is 4.79 Å². The first-order chi connectivity index (χ1) is 8.06. The zero-order chi connectivity index (χ0) is 12.7. The predicted octanol–water partition coefficient (Wildman–Crippen LogP) is 2.11. The second-order valence-corrected chi connectivity index (χ2v) is 4.88. The minimum atomic E-state index is -0.120. The molecule has 0 aliphatic carbocycles. The molecule has 2 N–H and O–H groups in total. The van der Waals surface area contributed by atoms with Gasteiger partial charge in [-0.05, 0) is 18.0 Å². The van der Waals surface area contributed by atoms with Crippen LogP contribution in [0.2, 0.25) is 0 Å². The van der Waals surface area contributed by atoms with Crippen molar-refractivity contribution in [2.24, 2.45) is 0 Å². The molecule has 0 bridgehead atoms. The van der Waals surface area contributed by atoms with Gasteiger partial charge in [-0.25, -0.2) is 0 Å². The van der Waals surface area contributed by atoms with Gasteiger partial charge in [-0.3, -0.25) is 4.79 Å². The fraction of sp³-hybridized carbons (Fsp3) is 0.500. The third-order valence-electron chi connectivity index (χ3n) is 2.85. The smallest absolute Gasteiger partial charge is 0.220 e. The monoisotopic (exact) mass is 270 g/mol. The van der Waals surface area contributed by atoms with Crippen molar-refractivity contribution in [3.8, 4) is 0 Å². The van der Waals surface area contributed by atoms with E-state index in [9.17, 15) is 4.79 Å². The number of hydrogen-bond donors (Lipinski definition) is 2. The van der Waals surface area contributed by atoms with Crippen LogP contribution in [0.25, 0.3) is 0 Å². The summed E-state index contributed by atoms with van der Waals surface area (Å²) in [5.74, 6) is 0.106. The molecule has 0 radical (unpaired) electrons. The summed E-state index contributed by atoms with van der Waals surface area (Å²) >= 11 is 0. The lowest BCUT2D eigenvalue weighted by molar-refractivity contribution is -0.122. The summed E-state index contributed by atoms with van der Waals surface area (Å²) < 4.78 is 0. The van der Waals surface area contributed by atoms with Gasteiger partial charge in [0, 0.05) is 19.5 Å². The topological polar surface area (TPSA) is 41.1 Å². The van der Waals surface area contributed by atoms with Crippen LogP contribution in [-0.4, -0.2) is 26.0 Å². The maximum absolute atomic E-state index is 11.8. The van der Waals surface area contributed by atoms with E-state index in [0.29, 0.717) is 13.0 Å². The zero-order valence-corrected chi connectivity index (χ0v) is 12.1. The molecule has 0 saturated heterocycles. The van der Waals surface area contributed by atoms with Crippen LogP contribution >= 0.6 is 12.4 Å². The van der Waals surface area contributed by atoms with Crippen molar-refractivity contribution in [1.29, 1.82) is 0 Å². The third kappa shape index (κ3) is 5.52. The quantitative estimate of drug-likeness (QED) is 0.778. The Morgan fingerprint density at radius 2 is 1.78 bits per heavy atom. The minimum Gasteiger partial charge on any atom is -0.355 e. The Bertz CT molecular complexity index is 352. The average molecular weight is 271 g/mol. The first-order valence-electron chi connectivity index (χ1n) is 6.03. The van der Waals surface area contributed by atoms with Crippen molar-refractivity contribution in [3.05, 3.63) is 35.9 Å². The Labute approximate surface area is 116 Å². The van der Waals surface area contributed by atoms with Crippen LogP contribution in [0.15, 0.2) is 30.3 Å². The van der Waals surface area contributed by atoms with E-state index >= 15 is 0 Å². The molecule has 0 heterocycles. The van der Waals surface area contributed by atoms with Gasteiger partial charge in [0.1, 0.15) is 0 Å². The molecule has 0 aromatic heterocycles. The molecule has 1 aromatic rings. The standard InChI is InChI=1S/C14H22N2O.ClH/c1-14(2,12-7-5-4-6-8-12)11-13(17)16-10-9-15-3;/h4-8,15H,9-11H2,1-3H3,(H,16,17);1H.